The average Bonchev–Trinajstić information content (AvgIpc) is 2.95. The number of amides is 1. The number of carbonyl (C=O) groups excluding carboxylic acids is 1. The van der Waals surface area contributed by atoms with E-state index < -0.39 is 29.1 Å². The maximum Gasteiger partial charge on any atom is 0.249 e. The van der Waals surface area contributed by atoms with Crippen LogP contribution in [0.25, 0.3) is 10.9 Å². The predicted octanol–water partition coefficient (Wildman–Crippen LogP) is 6.74. The molecule has 0 aliphatic carbocycles. The van der Waals surface area contributed by atoms with E-state index in [0.29, 0.717) is 66.9 Å². The quantitative estimate of drug-likeness (QED) is 0.113. The normalized spacial score (nSPS) is 16.3. The number of fused-ring (bicyclic) bond motifs is 1. The van der Waals surface area contributed by atoms with Crippen molar-refractivity contribution in [2.24, 2.45) is 5.41 Å². The van der Waals surface area contributed by atoms with Crippen molar-refractivity contribution in [2.75, 3.05) is 32.5 Å². The van der Waals surface area contributed by atoms with E-state index in [9.17, 15) is 18.8 Å². The molecule has 1 aliphatic heterocycles. The first-order valence-electron chi connectivity index (χ1n) is 12.8. The highest BCUT2D eigenvalue weighted by molar-refractivity contribution is 7.99. The molecule has 39 heavy (non-hydrogen) atoms. The number of pyridine rings is 1. The molecule has 2 N–H and O–H groups in total. The fourth-order valence-corrected chi connectivity index (χ4v) is 6.32. The van der Waals surface area contributed by atoms with Gasteiger partial charge in [-0.15, -0.1) is 11.8 Å². The van der Waals surface area contributed by atoms with Crippen molar-refractivity contribution >= 4 is 40.2 Å². The number of thioether (sulfide) groups is 1. The summed E-state index contributed by atoms with van der Waals surface area (Å²) >= 11 is 7.51. The summed E-state index contributed by atoms with van der Waals surface area (Å²) in [7, 11) is 1.52. The molecule has 4 rings (SSSR count). The van der Waals surface area contributed by atoms with Crippen molar-refractivity contribution in [3.05, 3.63) is 64.8 Å². The fraction of sp³-hybridized carbons (Fsp3) is 0.429. The van der Waals surface area contributed by atoms with Crippen LogP contribution in [0.3, 0.4) is 0 Å². The Morgan fingerprint density at radius 2 is 1.97 bits per heavy atom. The van der Waals surface area contributed by atoms with Crippen LogP contribution in [-0.4, -0.2) is 53.5 Å². The van der Waals surface area contributed by atoms with E-state index in [1.165, 1.54) is 31.5 Å². The van der Waals surface area contributed by atoms with Crippen LogP contribution in [0.5, 0.6) is 5.75 Å². The Labute approximate surface area is 234 Å². The molecular formula is C28H31ClF3N3O3S. The topological polar surface area (TPSA) is 74.7 Å². The van der Waals surface area contributed by atoms with E-state index in [-0.39, 0.29) is 22.8 Å². The summed E-state index contributed by atoms with van der Waals surface area (Å²) in [5.74, 6) is -0.549. The molecule has 0 saturated carbocycles. The Morgan fingerprint density at radius 1 is 1.26 bits per heavy atom. The number of piperidine rings is 1. The second-order valence-corrected chi connectivity index (χ2v) is 11.2. The number of ether oxygens (including phenoxy) is 1. The van der Waals surface area contributed by atoms with Gasteiger partial charge in [-0.25, -0.2) is 18.7 Å². The third-order valence-electron chi connectivity index (χ3n) is 7.44. The van der Waals surface area contributed by atoms with Gasteiger partial charge < -0.3 is 9.64 Å². The summed E-state index contributed by atoms with van der Waals surface area (Å²) in [6, 6.07) is 9.00. The zero-order chi connectivity index (χ0) is 28.0. The molecular weight excluding hydrogens is 551 g/mol. The lowest BCUT2D eigenvalue weighted by Crippen LogP contribution is -2.48. The molecule has 6 nitrogen and oxygen atoms in total. The van der Waals surface area contributed by atoms with Crippen LogP contribution in [0.2, 0.25) is 5.02 Å². The molecule has 1 aromatic heterocycles. The van der Waals surface area contributed by atoms with Gasteiger partial charge in [0.05, 0.1) is 28.0 Å². The van der Waals surface area contributed by atoms with Crippen molar-refractivity contribution in [3.63, 3.8) is 0 Å². The Morgan fingerprint density at radius 3 is 2.64 bits per heavy atom. The smallest absolute Gasteiger partial charge is 0.249 e. The number of carbonyl (C=O) groups is 1. The van der Waals surface area contributed by atoms with E-state index in [4.69, 9.17) is 16.3 Å². The van der Waals surface area contributed by atoms with E-state index >= 15 is 4.39 Å². The molecule has 0 radical (unpaired) electrons. The van der Waals surface area contributed by atoms with Crippen LogP contribution in [0, 0.1) is 17.0 Å². The van der Waals surface area contributed by atoms with Gasteiger partial charge in [0.1, 0.15) is 23.6 Å². The van der Waals surface area contributed by atoms with Crippen molar-refractivity contribution < 1.29 is 27.9 Å². The van der Waals surface area contributed by atoms with Gasteiger partial charge in [-0.3, -0.25) is 15.0 Å². The molecule has 1 fully saturated rings. The zero-order valence-corrected chi connectivity index (χ0v) is 23.1. The van der Waals surface area contributed by atoms with E-state index in [2.05, 4.69) is 9.88 Å². The van der Waals surface area contributed by atoms with E-state index in [1.54, 1.807) is 23.7 Å². The first-order valence-corrected chi connectivity index (χ1v) is 14.1. The molecule has 1 aliphatic rings. The van der Waals surface area contributed by atoms with Crippen LogP contribution >= 0.6 is 23.4 Å². The van der Waals surface area contributed by atoms with Gasteiger partial charge in [0.15, 0.2) is 0 Å². The maximum atomic E-state index is 15.7. The predicted molar refractivity (Wildman–Crippen MR) is 146 cm³/mol. The second kappa shape index (κ2) is 13.2. The first-order chi connectivity index (χ1) is 18.8. The molecule has 1 saturated heterocycles. The number of rotatable bonds is 11. The molecule has 3 aromatic rings. The van der Waals surface area contributed by atoms with Gasteiger partial charge in [-0.2, -0.15) is 0 Å². The fourth-order valence-electron chi connectivity index (χ4n) is 5.16. The van der Waals surface area contributed by atoms with E-state index in [1.807, 2.05) is 0 Å². The van der Waals surface area contributed by atoms with Crippen molar-refractivity contribution in [3.8, 4) is 5.75 Å². The van der Waals surface area contributed by atoms with Crippen LogP contribution in [-0.2, 0) is 4.79 Å². The van der Waals surface area contributed by atoms with Crippen LogP contribution in [0.4, 0.5) is 13.2 Å². The minimum atomic E-state index is -1.45. The highest BCUT2D eigenvalue weighted by atomic mass is 35.5. The summed E-state index contributed by atoms with van der Waals surface area (Å²) in [4.78, 5) is 19.2. The van der Waals surface area contributed by atoms with Crippen LogP contribution in [0.1, 0.15) is 43.8 Å². The average molecular weight is 582 g/mol. The van der Waals surface area contributed by atoms with Crippen molar-refractivity contribution in [1.82, 2.24) is 15.4 Å². The number of hydroxylamine groups is 1. The number of methoxy groups -OCH3 is 1. The number of nitrogens with one attached hydrogen (secondary N) is 1. The van der Waals surface area contributed by atoms with Crippen molar-refractivity contribution in [2.45, 2.75) is 43.2 Å². The Hall–Kier alpha value is -2.53. The number of aromatic nitrogens is 1. The Balaban J connectivity index is 1.36. The molecule has 0 bridgehead atoms. The second-order valence-electron chi connectivity index (χ2n) is 9.72. The standard InChI is InChI=1S/C28H31ClF3N3O3S/c1-38-18-6-7-24-19(16-18)25(20(29)17-33-24)21(30)8-9-28(27(36)34-37)10-13-35(14-11-28)12-3-15-39-26-22(31)4-2-5-23(26)32/h2,4-7,16-17,21,37H,3,8-15H2,1H3,(H,34,36)/t21-/m1/s1. The lowest BCUT2D eigenvalue weighted by molar-refractivity contribution is -0.143. The highest BCUT2D eigenvalue weighted by Gasteiger charge is 2.41. The summed E-state index contributed by atoms with van der Waals surface area (Å²) in [6.07, 6.45) is 1.83. The van der Waals surface area contributed by atoms with Crippen molar-refractivity contribution in [1.29, 1.82) is 0 Å². The lowest BCUT2D eigenvalue weighted by atomic mass is 9.73. The molecule has 0 unspecified atom stereocenters. The molecule has 0 spiro atoms. The third kappa shape index (κ3) is 6.80. The molecule has 1 atom stereocenters. The summed E-state index contributed by atoms with van der Waals surface area (Å²) in [5.41, 5.74) is 1.76. The minimum absolute atomic E-state index is 0.0241. The molecule has 210 valence electrons. The summed E-state index contributed by atoms with van der Waals surface area (Å²) < 4.78 is 48.6. The Bertz CT molecular complexity index is 1290. The van der Waals surface area contributed by atoms with Gasteiger partial charge >= 0.3 is 0 Å². The van der Waals surface area contributed by atoms with E-state index in [0.717, 1.165) is 11.8 Å². The molecule has 1 amide bonds. The summed E-state index contributed by atoms with van der Waals surface area (Å²) in [6.45, 7) is 1.87. The number of likely N-dealkylation sites (tertiary alicyclic amines) is 1. The van der Waals surface area contributed by atoms with Gasteiger partial charge in [-0.1, -0.05) is 17.7 Å². The van der Waals surface area contributed by atoms with Gasteiger partial charge in [0.25, 0.3) is 0 Å². The minimum Gasteiger partial charge on any atom is -0.497 e. The molecule has 11 heteroatoms. The Kier molecular flexibility index (Phi) is 9.98. The van der Waals surface area contributed by atoms with Crippen LogP contribution < -0.4 is 10.2 Å². The van der Waals surface area contributed by atoms with Gasteiger partial charge in [-0.05, 0) is 87.8 Å². The third-order valence-corrected chi connectivity index (χ3v) is 8.91. The number of halogens is 4. The SMILES string of the molecule is COc1ccc2ncc(Cl)c([C@H](F)CCC3(C(=O)NO)CCN(CCCSc4c(F)cccc4F)CC3)c2c1. The zero-order valence-electron chi connectivity index (χ0n) is 21.6. The summed E-state index contributed by atoms with van der Waals surface area (Å²) in [5, 5.41) is 10.2. The number of hydrogen-bond donors (Lipinski definition) is 2. The highest BCUT2D eigenvalue weighted by Crippen LogP contribution is 2.42. The number of hydrogen-bond acceptors (Lipinski definition) is 6. The maximum absolute atomic E-state index is 15.7. The molecule has 2 heterocycles. The monoisotopic (exact) mass is 581 g/mol. The van der Waals surface area contributed by atoms with Gasteiger partial charge in [0.2, 0.25) is 5.91 Å². The van der Waals surface area contributed by atoms with Gasteiger partial charge in [0, 0.05) is 17.1 Å². The lowest BCUT2D eigenvalue weighted by Gasteiger charge is -2.40. The van der Waals surface area contributed by atoms with Crippen LogP contribution in [0.15, 0.2) is 47.5 Å². The number of benzene rings is 2. The number of nitrogens with zero attached hydrogens (tertiary/aromatic N) is 2. The molecule has 2 aromatic carbocycles. The largest absolute Gasteiger partial charge is 0.497 e. The number of alkyl halides is 1. The first kappa shape index (κ1) is 29.5.